The second-order valence-corrected chi connectivity index (χ2v) is 9.62. The first kappa shape index (κ1) is 23.4. The fourth-order valence-corrected chi connectivity index (χ4v) is 5.35. The summed E-state index contributed by atoms with van der Waals surface area (Å²) in [6.07, 6.45) is 1.69. The van der Waals surface area contributed by atoms with Crippen molar-refractivity contribution in [3.63, 3.8) is 0 Å². The van der Waals surface area contributed by atoms with E-state index in [2.05, 4.69) is 10.5 Å². The molecule has 0 heterocycles. The first-order valence-electron chi connectivity index (χ1n) is 11.0. The number of methoxy groups -OCH3 is 1. The van der Waals surface area contributed by atoms with Gasteiger partial charge in [-0.05, 0) is 48.6 Å². The Kier molecular flexibility index (Phi) is 5.67. The number of nitrogens with zero attached hydrogens (tertiary/aromatic N) is 2. The van der Waals surface area contributed by atoms with E-state index >= 15 is 0 Å². The van der Waals surface area contributed by atoms with E-state index in [0.717, 1.165) is 0 Å². The lowest BCUT2D eigenvalue weighted by molar-refractivity contribution is -0.384. The lowest BCUT2D eigenvalue weighted by Crippen LogP contribution is -2.43. The Morgan fingerprint density at radius 1 is 1.09 bits per heavy atom. The predicted octanol–water partition coefficient (Wildman–Crippen LogP) is 4.97. The van der Waals surface area contributed by atoms with Gasteiger partial charge in [-0.3, -0.25) is 14.9 Å². The molecular weight excluding hydrogens is 438 g/mol. The van der Waals surface area contributed by atoms with Gasteiger partial charge < -0.3 is 14.9 Å². The number of fused-ring (bicyclic) bond motifs is 2. The van der Waals surface area contributed by atoms with E-state index in [1.54, 1.807) is 37.4 Å². The first-order chi connectivity index (χ1) is 16.0. The molecule has 2 atom stereocenters. The predicted molar refractivity (Wildman–Crippen MR) is 126 cm³/mol. The summed E-state index contributed by atoms with van der Waals surface area (Å²) in [6.45, 7) is 6.10. The van der Waals surface area contributed by atoms with Crippen LogP contribution in [0.25, 0.3) is 0 Å². The van der Waals surface area contributed by atoms with E-state index in [0.29, 0.717) is 42.0 Å². The Labute approximate surface area is 197 Å². The lowest BCUT2D eigenvalue weighted by Gasteiger charge is -2.39. The zero-order valence-electron chi connectivity index (χ0n) is 19.6. The Balaban J connectivity index is 1.56. The van der Waals surface area contributed by atoms with Gasteiger partial charge in [0.2, 0.25) is 5.91 Å². The third-order valence-corrected chi connectivity index (χ3v) is 8.05. The molecule has 0 saturated heterocycles. The lowest BCUT2D eigenvalue weighted by atomic mass is 9.64. The number of nitrogens with one attached hydrogen (secondary N) is 1. The number of carbonyl (C=O) groups is 2. The van der Waals surface area contributed by atoms with E-state index in [-0.39, 0.29) is 11.6 Å². The van der Waals surface area contributed by atoms with Gasteiger partial charge in [0, 0.05) is 29.7 Å². The zero-order chi connectivity index (χ0) is 24.7. The molecule has 9 heteroatoms. The van der Waals surface area contributed by atoms with Crippen molar-refractivity contribution in [2.75, 3.05) is 12.4 Å². The number of anilines is 1. The zero-order valence-corrected chi connectivity index (χ0v) is 19.6. The number of amides is 1. The van der Waals surface area contributed by atoms with Gasteiger partial charge in [-0.2, -0.15) is 0 Å². The van der Waals surface area contributed by atoms with E-state index in [9.17, 15) is 19.7 Å². The van der Waals surface area contributed by atoms with E-state index in [4.69, 9.17) is 9.57 Å². The Bertz CT molecular complexity index is 1190. The molecule has 178 valence electrons. The Hall–Kier alpha value is -3.75. The van der Waals surface area contributed by atoms with Crippen LogP contribution in [0.5, 0.6) is 5.75 Å². The second-order valence-electron chi connectivity index (χ2n) is 9.62. The maximum atomic E-state index is 13.5. The highest BCUT2D eigenvalue weighted by atomic mass is 16.7. The largest absolute Gasteiger partial charge is 0.497 e. The molecular formula is C25H27N3O6. The number of hydrogen-bond acceptors (Lipinski definition) is 7. The number of nitro benzene ring substituents is 1. The van der Waals surface area contributed by atoms with Crippen molar-refractivity contribution in [2.24, 2.45) is 21.4 Å². The van der Waals surface area contributed by atoms with Crippen molar-refractivity contribution in [3.05, 3.63) is 64.2 Å². The molecule has 1 amide bonds. The van der Waals surface area contributed by atoms with Gasteiger partial charge in [0.25, 0.3) is 5.69 Å². The van der Waals surface area contributed by atoms with Crippen molar-refractivity contribution in [2.45, 2.75) is 40.0 Å². The summed E-state index contributed by atoms with van der Waals surface area (Å²) in [5.41, 5.74) is -0.406. The maximum absolute atomic E-state index is 13.5. The quantitative estimate of drug-likeness (QED) is 0.365. The molecule has 1 N–H and O–H groups in total. The molecule has 9 nitrogen and oxygen atoms in total. The van der Waals surface area contributed by atoms with Crippen molar-refractivity contribution >= 4 is 29.0 Å². The molecule has 2 bridgehead atoms. The summed E-state index contributed by atoms with van der Waals surface area (Å²) in [5, 5.41) is 18.2. The van der Waals surface area contributed by atoms with Crippen LogP contribution in [-0.4, -0.2) is 29.6 Å². The number of ether oxygens (including phenoxy) is 1. The van der Waals surface area contributed by atoms with Crippen molar-refractivity contribution in [1.82, 2.24) is 0 Å². The molecule has 2 aliphatic rings. The smallest absolute Gasteiger partial charge is 0.365 e. The molecule has 0 aromatic heterocycles. The summed E-state index contributed by atoms with van der Waals surface area (Å²) in [6, 6.07) is 12.4. The molecule has 0 aliphatic heterocycles. The number of nitro groups is 1. The normalized spacial score (nSPS) is 25.7. The number of oxime groups is 1. The summed E-state index contributed by atoms with van der Waals surface area (Å²) < 4.78 is 5.10. The Morgan fingerprint density at radius 3 is 2.44 bits per heavy atom. The van der Waals surface area contributed by atoms with E-state index < -0.39 is 27.1 Å². The van der Waals surface area contributed by atoms with Crippen molar-refractivity contribution < 1.29 is 24.1 Å². The third kappa shape index (κ3) is 3.52. The number of hydrogen-bond donors (Lipinski definition) is 1. The SMILES string of the molecule is COc1ccc(C(=O)ON=C2CC3(C(=O)Nc4cccc([N+](=O)[O-])c4)CCC2(C)C3(C)C)cc1. The average Bonchev–Trinajstić information content (AvgIpc) is 3.13. The summed E-state index contributed by atoms with van der Waals surface area (Å²) in [7, 11) is 1.54. The molecule has 0 radical (unpaired) electrons. The maximum Gasteiger partial charge on any atom is 0.365 e. The summed E-state index contributed by atoms with van der Waals surface area (Å²) in [4.78, 5) is 41.9. The van der Waals surface area contributed by atoms with Gasteiger partial charge in [0.05, 0.1) is 28.7 Å². The molecule has 2 aromatic rings. The Morgan fingerprint density at radius 2 is 1.79 bits per heavy atom. The number of rotatable bonds is 6. The van der Waals surface area contributed by atoms with E-state index in [1.807, 2.05) is 20.8 Å². The van der Waals surface area contributed by atoms with Gasteiger partial charge in [-0.1, -0.05) is 32.0 Å². The monoisotopic (exact) mass is 465 g/mol. The summed E-state index contributed by atoms with van der Waals surface area (Å²) in [5.74, 6) is -0.176. The van der Waals surface area contributed by atoms with Crippen LogP contribution in [-0.2, 0) is 9.63 Å². The molecule has 2 aromatic carbocycles. The van der Waals surface area contributed by atoms with Gasteiger partial charge in [0.15, 0.2) is 0 Å². The summed E-state index contributed by atoms with van der Waals surface area (Å²) >= 11 is 0. The van der Waals surface area contributed by atoms with Crippen molar-refractivity contribution in [3.8, 4) is 5.75 Å². The minimum Gasteiger partial charge on any atom is -0.497 e. The van der Waals surface area contributed by atoms with Crippen LogP contribution in [0, 0.1) is 26.4 Å². The van der Waals surface area contributed by atoms with Crippen LogP contribution in [0.4, 0.5) is 11.4 Å². The minimum atomic E-state index is -0.780. The highest BCUT2D eigenvalue weighted by Gasteiger charge is 2.71. The number of carbonyl (C=O) groups excluding carboxylic acids is 2. The van der Waals surface area contributed by atoms with Crippen LogP contribution in [0.15, 0.2) is 53.7 Å². The van der Waals surface area contributed by atoms with Gasteiger partial charge in [-0.15, -0.1) is 0 Å². The second kappa shape index (κ2) is 8.23. The van der Waals surface area contributed by atoms with Crippen molar-refractivity contribution in [1.29, 1.82) is 0 Å². The van der Waals surface area contributed by atoms with Crippen LogP contribution in [0.1, 0.15) is 50.4 Å². The van der Waals surface area contributed by atoms with Gasteiger partial charge in [0.1, 0.15) is 5.75 Å². The highest BCUT2D eigenvalue weighted by Crippen LogP contribution is 2.71. The molecule has 0 spiro atoms. The molecule has 2 saturated carbocycles. The number of non-ortho nitro benzene ring substituents is 1. The molecule has 4 rings (SSSR count). The van der Waals surface area contributed by atoms with Gasteiger partial charge >= 0.3 is 5.97 Å². The fraction of sp³-hybridized carbons (Fsp3) is 0.400. The van der Waals surface area contributed by atoms with Gasteiger partial charge in [-0.25, -0.2) is 4.79 Å². The highest BCUT2D eigenvalue weighted by molar-refractivity contribution is 6.06. The average molecular weight is 466 g/mol. The minimum absolute atomic E-state index is 0.0926. The van der Waals surface area contributed by atoms with Crippen LogP contribution >= 0.6 is 0 Å². The molecule has 34 heavy (non-hydrogen) atoms. The molecule has 2 fully saturated rings. The first-order valence-corrected chi connectivity index (χ1v) is 11.0. The molecule has 2 aliphatic carbocycles. The van der Waals surface area contributed by atoms with Crippen LogP contribution in [0.3, 0.4) is 0 Å². The fourth-order valence-electron chi connectivity index (χ4n) is 5.35. The third-order valence-electron chi connectivity index (χ3n) is 8.05. The van der Waals surface area contributed by atoms with Crippen LogP contribution < -0.4 is 10.1 Å². The standard InChI is InChI=1S/C25H27N3O6/c1-23(2)24(3)12-13-25(23,22(30)26-17-6-5-7-18(14-17)28(31)32)15-20(24)27-34-21(29)16-8-10-19(33-4)11-9-16/h5-11,14H,12-13,15H2,1-4H3,(H,26,30). The van der Waals surface area contributed by atoms with E-state index in [1.165, 1.54) is 18.2 Å². The number of benzene rings is 2. The topological polar surface area (TPSA) is 120 Å². The van der Waals surface area contributed by atoms with Crippen LogP contribution in [0.2, 0.25) is 0 Å². The molecule has 2 unspecified atom stereocenters.